The highest BCUT2D eigenvalue weighted by Gasteiger charge is 2.07. The molecule has 0 heterocycles. The summed E-state index contributed by atoms with van der Waals surface area (Å²) in [5, 5.41) is 2.86. The van der Waals surface area contributed by atoms with Gasteiger partial charge in [0.2, 0.25) is 5.91 Å². The summed E-state index contributed by atoms with van der Waals surface area (Å²) in [4.78, 5) is 13.8. The van der Waals surface area contributed by atoms with Crippen molar-refractivity contribution in [1.29, 1.82) is 0 Å². The van der Waals surface area contributed by atoms with Crippen molar-refractivity contribution < 1.29 is 9.53 Å². The summed E-state index contributed by atoms with van der Waals surface area (Å²) in [7, 11) is 1.61. The maximum Gasteiger partial charge on any atom is 0.238 e. The van der Waals surface area contributed by atoms with Crippen LogP contribution in [0.1, 0.15) is 13.8 Å². The van der Waals surface area contributed by atoms with Gasteiger partial charge in [0, 0.05) is 11.8 Å². The van der Waals surface area contributed by atoms with Crippen LogP contribution in [0.3, 0.4) is 0 Å². The number of anilines is 1. The molecule has 0 atom stereocenters. The van der Waals surface area contributed by atoms with Gasteiger partial charge in [-0.3, -0.25) is 9.69 Å². The van der Waals surface area contributed by atoms with Crippen LogP contribution in [0.25, 0.3) is 0 Å². The molecule has 0 saturated carbocycles. The molecule has 94 valence electrons. The quantitative estimate of drug-likeness (QED) is 0.821. The van der Waals surface area contributed by atoms with E-state index in [2.05, 4.69) is 10.2 Å². The molecular weight excluding hydrogens is 216 g/mol. The molecule has 1 N–H and O–H groups in total. The lowest BCUT2D eigenvalue weighted by Crippen LogP contribution is -2.32. The van der Waals surface area contributed by atoms with E-state index in [0.717, 1.165) is 24.5 Å². The van der Waals surface area contributed by atoms with Crippen LogP contribution in [0.4, 0.5) is 5.69 Å². The van der Waals surface area contributed by atoms with E-state index in [1.165, 1.54) is 0 Å². The van der Waals surface area contributed by atoms with Crippen LogP contribution < -0.4 is 10.1 Å². The molecule has 0 aliphatic carbocycles. The highest BCUT2D eigenvalue weighted by Crippen LogP contribution is 2.16. The van der Waals surface area contributed by atoms with E-state index in [-0.39, 0.29) is 5.91 Å². The average Bonchev–Trinajstić information content (AvgIpc) is 2.36. The molecule has 0 radical (unpaired) electrons. The van der Waals surface area contributed by atoms with E-state index in [4.69, 9.17) is 4.74 Å². The predicted octanol–water partition coefficient (Wildman–Crippen LogP) is 1.98. The molecule has 0 aliphatic heterocycles. The summed E-state index contributed by atoms with van der Waals surface area (Å²) in [6.45, 7) is 6.26. The Morgan fingerprint density at radius 2 is 2.06 bits per heavy atom. The van der Waals surface area contributed by atoms with Gasteiger partial charge >= 0.3 is 0 Å². The number of nitrogens with zero attached hydrogens (tertiary/aromatic N) is 1. The normalized spacial score (nSPS) is 10.4. The van der Waals surface area contributed by atoms with Gasteiger partial charge < -0.3 is 10.1 Å². The zero-order valence-corrected chi connectivity index (χ0v) is 10.7. The van der Waals surface area contributed by atoms with Crippen molar-refractivity contribution in [2.75, 3.05) is 32.1 Å². The molecule has 4 heteroatoms. The van der Waals surface area contributed by atoms with Crippen LogP contribution in [0.2, 0.25) is 0 Å². The van der Waals surface area contributed by atoms with Crippen molar-refractivity contribution in [2.24, 2.45) is 0 Å². The Balaban J connectivity index is 2.55. The van der Waals surface area contributed by atoms with Crippen molar-refractivity contribution in [3.63, 3.8) is 0 Å². The van der Waals surface area contributed by atoms with Crippen LogP contribution in [0.15, 0.2) is 24.3 Å². The van der Waals surface area contributed by atoms with Crippen molar-refractivity contribution in [3.05, 3.63) is 24.3 Å². The third kappa shape index (κ3) is 4.44. The molecule has 0 aromatic heterocycles. The largest absolute Gasteiger partial charge is 0.497 e. The number of ether oxygens (including phenoxy) is 1. The standard InChI is InChI=1S/C13H20N2O2/c1-4-15(5-2)10-13(16)14-11-7-6-8-12(9-11)17-3/h6-9H,4-5,10H2,1-3H3,(H,14,16). The van der Waals surface area contributed by atoms with E-state index in [1.807, 2.05) is 32.0 Å². The smallest absolute Gasteiger partial charge is 0.238 e. The third-order valence-corrected chi connectivity index (χ3v) is 2.62. The lowest BCUT2D eigenvalue weighted by atomic mass is 10.3. The van der Waals surface area contributed by atoms with Gasteiger partial charge in [0.25, 0.3) is 0 Å². The summed E-state index contributed by atoms with van der Waals surface area (Å²) in [6, 6.07) is 7.36. The first kappa shape index (κ1) is 13.5. The molecule has 1 aromatic rings. The first-order chi connectivity index (χ1) is 8.19. The van der Waals surface area contributed by atoms with Crippen LogP contribution in [0, 0.1) is 0 Å². The lowest BCUT2D eigenvalue weighted by Gasteiger charge is -2.17. The number of carbonyl (C=O) groups is 1. The van der Waals surface area contributed by atoms with Gasteiger partial charge in [0.05, 0.1) is 13.7 Å². The van der Waals surface area contributed by atoms with Crippen molar-refractivity contribution in [1.82, 2.24) is 4.90 Å². The molecule has 0 bridgehead atoms. The number of methoxy groups -OCH3 is 1. The Kier molecular flexibility index (Phi) is 5.49. The molecule has 1 rings (SSSR count). The zero-order chi connectivity index (χ0) is 12.7. The molecule has 1 amide bonds. The number of hydrogen-bond donors (Lipinski definition) is 1. The van der Waals surface area contributed by atoms with Gasteiger partial charge in [-0.05, 0) is 25.2 Å². The van der Waals surface area contributed by atoms with E-state index >= 15 is 0 Å². The Bertz CT molecular complexity index is 362. The van der Waals surface area contributed by atoms with Crippen molar-refractivity contribution in [2.45, 2.75) is 13.8 Å². The molecule has 0 fully saturated rings. The summed E-state index contributed by atoms with van der Waals surface area (Å²) in [6.07, 6.45) is 0. The van der Waals surface area contributed by atoms with Crippen LogP contribution in [-0.2, 0) is 4.79 Å². The van der Waals surface area contributed by atoms with Gasteiger partial charge in [-0.15, -0.1) is 0 Å². The van der Waals surface area contributed by atoms with E-state index in [1.54, 1.807) is 13.2 Å². The molecule has 0 aliphatic rings. The zero-order valence-electron chi connectivity index (χ0n) is 10.7. The maximum atomic E-state index is 11.7. The Hall–Kier alpha value is -1.55. The maximum absolute atomic E-state index is 11.7. The molecule has 4 nitrogen and oxygen atoms in total. The molecular formula is C13H20N2O2. The van der Waals surface area contributed by atoms with E-state index in [9.17, 15) is 4.79 Å². The van der Waals surface area contributed by atoms with Crippen LogP contribution in [0.5, 0.6) is 5.75 Å². The average molecular weight is 236 g/mol. The summed E-state index contributed by atoms with van der Waals surface area (Å²) in [5.74, 6) is 0.743. The summed E-state index contributed by atoms with van der Waals surface area (Å²) < 4.78 is 5.10. The number of amides is 1. The van der Waals surface area contributed by atoms with Crippen LogP contribution in [-0.4, -0.2) is 37.6 Å². The predicted molar refractivity (Wildman–Crippen MR) is 69.4 cm³/mol. The van der Waals surface area contributed by atoms with E-state index in [0.29, 0.717) is 6.54 Å². The number of likely N-dealkylation sites (N-methyl/N-ethyl adjacent to an activating group) is 1. The molecule has 0 unspecified atom stereocenters. The highest BCUT2D eigenvalue weighted by molar-refractivity contribution is 5.92. The van der Waals surface area contributed by atoms with Gasteiger partial charge in [0.1, 0.15) is 5.75 Å². The van der Waals surface area contributed by atoms with Crippen molar-refractivity contribution >= 4 is 11.6 Å². The fraction of sp³-hybridized carbons (Fsp3) is 0.462. The molecule has 0 spiro atoms. The second-order valence-corrected chi connectivity index (χ2v) is 3.74. The minimum absolute atomic E-state index is 0.00181. The van der Waals surface area contributed by atoms with Crippen LogP contribution >= 0.6 is 0 Å². The van der Waals surface area contributed by atoms with Gasteiger partial charge in [-0.2, -0.15) is 0 Å². The second-order valence-electron chi connectivity index (χ2n) is 3.74. The Morgan fingerprint density at radius 3 is 2.65 bits per heavy atom. The fourth-order valence-electron chi connectivity index (χ4n) is 1.55. The Morgan fingerprint density at radius 1 is 1.35 bits per heavy atom. The topological polar surface area (TPSA) is 41.6 Å². The number of rotatable bonds is 6. The van der Waals surface area contributed by atoms with Crippen molar-refractivity contribution in [3.8, 4) is 5.75 Å². The second kappa shape index (κ2) is 6.91. The first-order valence-electron chi connectivity index (χ1n) is 5.85. The first-order valence-corrected chi connectivity index (χ1v) is 5.85. The molecule has 1 aromatic carbocycles. The number of nitrogens with one attached hydrogen (secondary N) is 1. The monoisotopic (exact) mass is 236 g/mol. The Labute approximate surface area is 103 Å². The number of benzene rings is 1. The molecule has 0 saturated heterocycles. The van der Waals surface area contributed by atoms with Gasteiger partial charge in [-0.1, -0.05) is 19.9 Å². The summed E-state index contributed by atoms with van der Waals surface area (Å²) in [5.41, 5.74) is 0.765. The molecule has 17 heavy (non-hydrogen) atoms. The summed E-state index contributed by atoms with van der Waals surface area (Å²) >= 11 is 0. The fourth-order valence-corrected chi connectivity index (χ4v) is 1.55. The van der Waals surface area contributed by atoms with E-state index < -0.39 is 0 Å². The highest BCUT2D eigenvalue weighted by atomic mass is 16.5. The minimum Gasteiger partial charge on any atom is -0.497 e. The minimum atomic E-state index is 0.00181. The van der Waals surface area contributed by atoms with Gasteiger partial charge in [-0.25, -0.2) is 0 Å². The van der Waals surface area contributed by atoms with Gasteiger partial charge in [0.15, 0.2) is 0 Å². The lowest BCUT2D eigenvalue weighted by molar-refractivity contribution is -0.117. The number of carbonyl (C=O) groups excluding carboxylic acids is 1. The SMILES string of the molecule is CCN(CC)CC(=O)Nc1cccc(OC)c1. The number of hydrogen-bond acceptors (Lipinski definition) is 3. The third-order valence-electron chi connectivity index (χ3n) is 2.62.